The van der Waals surface area contributed by atoms with Gasteiger partial charge in [-0.15, -0.1) is 0 Å². The molecular formula is C27H34O13. The molecule has 2 aromatic rings. The molecule has 2 heterocycles. The summed E-state index contributed by atoms with van der Waals surface area (Å²) in [5.74, 6) is 0.182. The molecule has 0 unspecified atom stereocenters. The van der Waals surface area contributed by atoms with Crippen molar-refractivity contribution < 1.29 is 64.5 Å². The molecule has 4 rings (SSSR count). The number of rotatable bonds is 8. The van der Waals surface area contributed by atoms with Crippen molar-refractivity contribution >= 4 is 12.2 Å². The van der Waals surface area contributed by atoms with Gasteiger partial charge in [-0.1, -0.05) is 18.2 Å². The fraction of sp³-hybridized carbons (Fsp3) is 0.481. The van der Waals surface area contributed by atoms with Gasteiger partial charge >= 0.3 is 0 Å². The summed E-state index contributed by atoms with van der Waals surface area (Å²) in [6.07, 6.45) is -11.1. The van der Waals surface area contributed by atoms with E-state index in [4.69, 9.17) is 23.7 Å². The van der Waals surface area contributed by atoms with Crippen LogP contribution in [0.2, 0.25) is 0 Å². The third kappa shape index (κ3) is 6.66. The third-order valence-corrected chi connectivity index (χ3v) is 6.74. The summed E-state index contributed by atoms with van der Waals surface area (Å²) in [6, 6.07) is 9.05. The highest BCUT2D eigenvalue weighted by Crippen LogP contribution is 2.31. The third-order valence-electron chi connectivity index (χ3n) is 6.74. The Labute approximate surface area is 229 Å². The number of hydrogen-bond acceptors (Lipinski definition) is 13. The molecule has 8 N–H and O–H groups in total. The second kappa shape index (κ2) is 12.7. The first-order valence-corrected chi connectivity index (χ1v) is 12.5. The molecule has 0 aliphatic carbocycles. The van der Waals surface area contributed by atoms with Crippen molar-refractivity contribution in [3.63, 3.8) is 0 Å². The lowest BCUT2D eigenvalue weighted by Crippen LogP contribution is -2.61. The number of aromatic hydroxyl groups is 2. The first-order chi connectivity index (χ1) is 19.0. The average molecular weight is 567 g/mol. The molecule has 2 aliphatic heterocycles. The van der Waals surface area contributed by atoms with Gasteiger partial charge in [0.05, 0.1) is 19.8 Å². The molecule has 220 valence electrons. The van der Waals surface area contributed by atoms with E-state index in [1.807, 2.05) is 0 Å². The first-order valence-electron chi connectivity index (χ1n) is 12.5. The minimum atomic E-state index is -1.70. The Hall–Kier alpha value is -2.98. The molecule has 40 heavy (non-hydrogen) atoms. The van der Waals surface area contributed by atoms with Gasteiger partial charge < -0.3 is 64.5 Å². The van der Waals surface area contributed by atoms with Crippen LogP contribution in [0.15, 0.2) is 36.4 Å². The van der Waals surface area contributed by atoms with Crippen molar-refractivity contribution in [2.24, 2.45) is 0 Å². The van der Waals surface area contributed by atoms with Crippen LogP contribution in [0.3, 0.4) is 0 Å². The van der Waals surface area contributed by atoms with Crippen LogP contribution in [0.5, 0.6) is 23.0 Å². The van der Waals surface area contributed by atoms with Gasteiger partial charge in [-0.05, 0) is 42.3 Å². The summed E-state index contributed by atoms with van der Waals surface area (Å²) in [5, 5.41) is 81.4. The van der Waals surface area contributed by atoms with E-state index in [2.05, 4.69) is 0 Å². The number of hydrogen-bond donors (Lipinski definition) is 8. The van der Waals surface area contributed by atoms with E-state index in [1.165, 1.54) is 38.3 Å². The van der Waals surface area contributed by atoms with Crippen molar-refractivity contribution in [3.8, 4) is 23.0 Å². The number of benzene rings is 2. The van der Waals surface area contributed by atoms with Crippen LogP contribution < -0.4 is 9.47 Å². The molecule has 0 amide bonds. The minimum absolute atomic E-state index is 0.0415. The number of aliphatic hydroxyl groups is 6. The predicted molar refractivity (Wildman–Crippen MR) is 137 cm³/mol. The van der Waals surface area contributed by atoms with Crippen LogP contribution in [-0.2, 0) is 14.2 Å². The van der Waals surface area contributed by atoms with Crippen molar-refractivity contribution in [3.05, 3.63) is 47.5 Å². The van der Waals surface area contributed by atoms with Crippen LogP contribution in [0.25, 0.3) is 12.2 Å². The molecule has 0 spiro atoms. The molecule has 0 bridgehead atoms. The molecule has 2 aliphatic rings. The molecule has 2 aromatic carbocycles. The fourth-order valence-corrected chi connectivity index (χ4v) is 4.40. The Bertz CT molecular complexity index is 1170. The Morgan fingerprint density at radius 3 is 2.12 bits per heavy atom. The lowest BCUT2D eigenvalue weighted by Gasteiger charge is -2.42. The highest BCUT2D eigenvalue weighted by Gasteiger charge is 2.47. The van der Waals surface area contributed by atoms with E-state index in [0.29, 0.717) is 16.9 Å². The highest BCUT2D eigenvalue weighted by molar-refractivity contribution is 5.72. The number of phenols is 2. The smallest absolute Gasteiger partial charge is 0.229 e. The fourth-order valence-electron chi connectivity index (χ4n) is 4.40. The van der Waals surface area contributed by atoms with Crippen molar-refractivity contribution in [2.45, 2.75) is 68.3 Å². The Balaban J connectivity index is 1.44. The van der Waals surface area contributed by atoms with Crippen molar-refractivity contribution in [2.75, 3.05) is 13.7 Å². The summed E-state index contributed by atoms with van der Waals surface area (Å²) < 4.78 is 27.2. The number of phenolic OH excluding ortho intramolecular Hbond substituents is 2. The van der Waals surface area contributed by atoms with Gasteiger partial charge in [0.1, 0.15) is 54.2 Å². The zero-order chi connectivity index (χ0) is 29.1. The van der Waals surface area contributed by atoms with Crippen molar-refractivity contribution in [1.82, 2.24) is 0 Å². The number of aliphatic hydroxyl groups excluding tert-OH is 6. The molecule has 0 radical (unpaired) electrons. The van der Waals surface area contributed by atoms with Gasteiger partial charge in [-0.3, -0.25) is 0 Å². The summed E-state index contributed by atoms with van der Waals surface area (Å²) in [6.45, 7) is 1.04. The van der Waals surface area contributed by atoms with Crippen LogP contribution in [-0.4, -0.2) is 116 Å². The molecule has 0 saturated carbocycles. The van der Waals surface area contributed by atoms with E-state index in [9.17, 15) is 40.9 Å². The lowest BCUT2D eigenvalue weighted by atomic mass is 9.98. The van der Waals surface area contributed by atoms with E-state index in [1.54, 1.807) is 24.3 Å². The second-order valence-corrected chi connectivity index (χ2v) is 9.67. The SMILES string of the molecule is COc1ccc(C=Cc2cc(O)cc(O[C@@H]3O[C@H](CO[C@@H]4O[C@@H](C)[C@@H](O)[C@H](O)[C@H]4O)[C@H](O)[C@H](O)[C@@H]3O)c2)cc1O. The number of methoxy groups -OCH3 is 1. The van der Waals surface area contributed by atoms with Gasteiger partial charge in [-0.25, -0.2) is 0 Å². The summed E-state index contributed by atoms with van der Waals surface area (Å²) >= 11 is 0. The predicted octanol–water partition coefficient (Wildman–Crippen LogP) is -0.693. The van der Waals surface area contributed by atoms with E-state index >= 15 is 0 Å². The van der Waals surface area contributed by atoms with Gasteiger partial charge in [-0.2, -0.15) is 0 Å². The Morgan fingerprint density at radius 2 is 1.43 bits per heavy atom. The zero-order valence-electron chi connectivity index (χ0n) is 21.7. The summed E-state index contributed by atoms with van der Waals surface area (Å²) in [5.41, 5.74) is 1.15. The van der Waals surface area contributed by atoms with E-state index in [-0.39, 0.29) is 17.2 Å². The maximum absolute atomic E-state index is 10.5. The normalized spacial score (nSPS) is 34.6. The van der Waals surface area contributed by atoms with Crippen LogP contribution in [0.1, 0.15) is 18.1 Å². The van der Waals surface area contributed by atoms with Crippen molar-refractivity contribution in [1.29, 1.82) is 0 Å². The number of ether oxygens (including phenoxy) is 5. The molecule has 10 atom stereocenters. The largest absolute Gasteiger partial charge is 0.508 e. The van der Waals surface area contributed by atoms with Crippen LogP contribution in [0.4, 0.5) is 0 Å². The molecule has 2 fully saturated rings. The van der Waals surface area contributed by atoms with Gasteiger partial charge in [0.15, 0.2) is 17.8 Å². The maximum Gasteiger partial charge on any atom is 0.229 e. The summed E-state index contributed by atoms with van der Waals surface area (Å²) in [7, 11) is 1.44. The maximum atomic E-state index is 10.5. The average Bonchev–Trinajstić information content (AvgIpc) is 2.92. The molecule has 13 nitrogen and oxygen atoms in total. The minimum Gasteiger partial charge on any atom is -0.508 e. The quantitative estimate of drug-likeness (QED) is 0.186. The second-order valence-electron chi connectivity index (χ2n) is 9.67. The standard InChI is InChI=1S/C27H34O13/c1-12-20(30)22(32)24(34)26(38-12)37-11-19-21(31)23(33)25(35)27(40-19)39-16-8-14(7-15(28)10-16)4-3-13-5-6-18(36-2)17(29)9-13/h3-10,12,19-35H,11H2,1-2H3/t12-,19+,20+,21-,22-,23-,24+,25-,26+,27+/m0/s1. The van der Waals surface area contributed by atoms with Gasteiger partial charge in [0.25, 0.3) is 0 Å². The van der Waals surface area contributed by atoms with E-state index in [0.717, 1.165) is 0 Å². The zero-order valence-corrected chi connectivity index (χ0v) is 21.7. The monoisotopic (exact) mass is 566 g/mol. The summed E-state index contributed by atoms with van der Waals surface area (Å²) in [4.78, 5) is 0. The lowest BCUT2D eigenvalue weighted by molar-refractivity contribution is -0.318. The highest BCUT2D eigenvalue weighted by atomic mass is 16.7. The van der Waals surface area contributed by atoms with Gasteiger partial charge in [0, 0.05) is 6.07 Å². The molecule has 13 heteroatoms. The molecular weight excluding hydrogens is 532 g/mol. The van der Waals surface area contributed by atoms with Crippen LogP contribution >= 0.6 is 0 Å². The van der Waals surface area contributed by atoms with Crippen LogP contribution in [0, 0.1) is 0 Å². The van der Waals surface area contributed by atoms with Gasteiger partial charge in [0.2, 0.25) is 6.29 Å². The molecule has 0 aromatic heterocycles. The molecule has 2 saturated heterocycles. The van der Waals surface area contributed by atoms with E-state index < -0.39 is 68.0 Å². The first kappa shape index (κ1) is 30.0. The topological polar surface area (TPSA) is 208 Å². The Kier molecular flexibility index (Phi) is 9.51. The Morgan fingerprint density at radius 1 is 0.750 bits per heavy atom.